The fourth-order valence-corrected chi connectivity index (χ4v) is 1.57. The Labute approximate surface area is 94.8 Å². The number of hydrogen-bond acceptors (Lipinski definition) is 3. The zero-order valence-corrected chi connectivity index (χ0v) is 9.33. The zero-order chi connectivity index (χ0) is 10.7. The van der Waals surface area contributed by atoms with Gasteiger partial charge in [-0.15, -0.1) is 12.6 Å². The minimum atomic E-state index is 0.846. The number of hydrogen-bond donors (Lipinski definition) is 2. The third kappa shape index (κ3) is 2.50. The van der Waals surface area contributed by atoms with Crippen molar-refractivity contribution in [3.8, 4) is 0 Å². The van der Waals surface area contributed by atoms with E-state index >= 15 is 0 Å². The summed E-state index contributed by atoms with van der Waals surface area (Å²) in [5.41, 5.74) is 3.27. The quantitative estimate of drug-likeness (QED) is 0.752. The molecule has 0 radical (unpaired) electrons. The summed E-state index contributed by atoms with van der Waals surface area (Å²) < 4.78 is 0. The lowest BCUT2D eigenvalue weighted by molar-refractivity contribution is 1.24. The van der Waals surface area contributed by atoms with Crippen LogP contribution in [0.4, 0.5) is 11.4 Å². The Hall–Kier alpha value is -1.48. The maximum absolute atomic E-state index is 4.33. The number of nitrogens with one attached hydrogen (secondary N) is 1. The molecule has 1 N–H and O–H groups in total. The molecule has 0 spiro atoms. The highest BCUT2D eigenvalue weighted by Crippen LogP contribution is 2.22. The molecule has 15 heavy (non-hydrogen) atoms. The summed E-state index contributed by atoms with van der Waals surface area (Å²) in [6.45, 7) is 2.07. The number of thiol groups is 1. The van der Waals surface area contributed by atoms with Crippen LogP contribution in [0.1, 0.15) is 5.56 Å². The number of nitrogens with zero attached hydrogens (tertiary/aromatic N) is 1. The molecule has 2 nitrogen and oxygen atoms in total. The SMILES string of the molecule is Cc1cccc(Nc2ccncc2S)c1. The fourth-order valence-electron chi connectivity index (χ4n) is 1.37. The molecule has 0 unspecified atom stereocenters. The van der Waals surface area contributed by atoms with E-state index in [0.29, 0.717) is 0 Å². The second-order valence-electron chi connectivity index (χ2n) is 3.39. The van der Waals surface area contributed by atoms with Crippen LogP contribution in [0.15, 0.2) is 47.6 Å². The molecule has 2 aromatic rings. The summed E-state index contributed by atoms with van der Waals surface area (Å²) >= 11 is 4.33. The minimum absolute atomic E-state index is 0.846. The minimum Gasteiger partial charge on any atom is -0.355 e. The van der Waals surface area contributed by atoms with E-state index in [1.807, 2.05) is 18.2 Å². The number of aryl methyl sites for hydroxylation is 1. The molecular formula is C12H12N2S. The van der Waals surface area contributed by atoms with Crippen LogP contribution in [0.25, 0.3) is 0 Å². The predicted molar refractivity (Wildman–Crippen MR) is 66.0 cm³/mol. The van der Waals surface area contributed by atoms with Gasteiger partial charge in [-0.05, 0) is 30.7 Å². The Kier molecular flexibility index (Phi) is 2.92. The predicted octanol–water partition coefficient (Wildman–Crippen LogP) is 3.42. The van der Waals surface area contributed by atoms with Crippen LogP contribution in [-0.2, 0) is 0 Å². The van der Waals surface area contributed by atoms with Crippen molar-refractivity contribution in [3.63, 3.8) is 0 Å². The van der Waals surface area contributed by atoms with E-state index in [1.165, 1.54) is 5.56 Å². The fraction of sp³-hybridized carbons (Fsp3) is 0.0833. The van der Waals surface area contributed by atoms with Gasteiger partial charge in [-0.1, -0.05) is 12.1 Å². The summed E-state index contributed by atoms with van der Waals surface area (Å²) in [4.78, 5) is 4.83. The van der Waals surface area contributed by atoms with E-state index in [2.05, 4.69) is 42.0 Å². The van der Waals surface area contributed by atoms with Gasteiger partial charge >= 0.3 is 0 Å². The maximum atomic E-state index is 4.33. The summed E-state index contributed by atoms with van der Waals surface area (Å²) in [7, 11) is 0. The summed E-state index contributed by atoms with van der Waals surface area (Å²) in [6.07, 6.45) is 3.47. The molecule has 0 aliphatic carbocycles. The number of benzene rings is 1. The number of rotatable bonds is 2. The monoisotopic (exact) mass is 216 g/mol. The average Bonchev–Trinajstić information content (AvgIpc) is 2.22. The van der Waals surface area contributed by atoms with Crippen LogP contribution < -0.4 is 5.32 Å². The van der Waals surface area contributed by atoms with Crippen LogP contribution in [0.3, 0.4) is 0 Å². The van der Waals surface area contributed by atoms with Gasteiger partial charge in [-0.2, -0.15) is 0 Å². The van der Waals surface area contributed by atoms with Crippen LogP contribution in [0.5, 0.6) is 0 Å². The van der Waals surface area contributed by atoms with Crippen molar-refractivity contribution in [2.24, 2.45) is 0 Å². The first kappa shape index (κ1) is 10.1. The Balaban J connectivity index is 2.26. The molecule has 0 amide bonds. The smallest absolute Gasteiger partial charge is 0.0551 e. The van der Waals surface area contributed by atoms with E-state index in [0.717, 1.165) is 16.3 Å². The molecule has 1 heterocycles. The molecular weight excluding hydrogens is 204 g/mol. The van der Waals surface area contributed by atoms with Crippen molar-refractivity contribution in [3.05, 3.63) is 48.3 Å². The normalized spacial score (nSPS) is 10.0. The van der Waals surface area contributed by atoms with E-state index in [-0.39, 0.29) is 0 Å². The first-order valence-corrected chi connectivity index (χ1v) is 5.17. The molecule has 0 fully saturated rings. The topological polar surface area (TPSA) is 24.9 Å². The van der Waals surface area contributed by atoms with Gasteiger partial charge in [-0.25, -0.2) is 0 Å². The van der Waals surface area contributed by atoms with Crippen LogP contribution >= 0.6 is 12.6 Å². The molecule has 2 rings (SSSR count). The lowest BCUT2D eigenvalue weighted by Gasteiger charge is -2.08. The Morgan fingerprint density at radius 1 is 1.27 bits per heavy atom. The standard InChI is InChI=1S/C12H12N2S/c1-9-3-2-4-10(7-9)14-11-5-6-13-8-12(11)15/h2-8,15H,1H3,(H,13,14). The third-order valence-corrected chi connectivity index (χ3v) is 2.45. The Morgan fingerprint density at radius 3 is 2.87 bits per heavy atom. The van der Waals surface area contributed by atoms with Gasteiger partial charge in [0.25, 0.3) is 0 Å². The molecule has 0 aliphatic rings. The second-order valence-corrected chi connectivity index (χ2v) is 3.87. The molecule has 0 aliphatic heterocycles. The highest BCUT2D eigenvalue weighted by atomic mass is 32.1. The summed E-state index contributed by atoms with van der Waals surface area (Å²) in [5.74, 6) is 0. The zero-order valence-electron chi connectivity index (χ0n) is 8.44. The van der Waals surface area contributed by atoms with Gasteiger partial charge in [-0.3, -0.25) is 4.98 Å². The van der Waals surface area contributed by atoms with Crippen LogP contribution in [0, 0.1) is 6.92 Å². The van der Waals surface area contributed by atoms with E-state index < -0.39 is 0 Å². The van der Waals surface area contributed by atoms with Crippen LogP contribution in [0.2, 0.25) is 0 Å². The van der Waals surface area contributed by atoms with Crippen molar-refractivity contribution in [1.29, 1.82) is 0 Å². The van der Waals surface area contributed by atoms with Crippen LogP contribution in [-0.4, -0.2) is 4.98 Å². The summed E-state index contributed by atoms with van der Waals surface area (Å²) in [5, 5.41) is 3.30. The van der Waals surface area contributed by atoms with E-state index in [4.69, 9.17) is 0 Å². The molecule has 3 heteroatoms. The van der Waals surface area contributed by atoms with Gasteiger partial charge in [0.1, 0.15) is 0 Å². The van der Waals surface area contributed by atoms with Crippen molar-refractivity contribution in [2.75, 3.05) is 5.32 Å². The second kappa shape index (κ2) is 4.36. The van der Waals surface area contributed by atoms with E-state index in [9.17, 15) is 0 Å². The lowest BCUT2D eigenvalue weighted by atomic mass is 10.2. The van der Waals surface area contributed by atoms with Gasteiger partial charge in [0.15, 0.2) is 0 Å². The maximum Gasteiger partial charge on any atom is 0.0551 e. The molecule has 1 aromatic heterocycles. The molecule has 0 saturated heterocycles. The highest BCUT2D eigenvalue weighted by Gasteiger charge is 1.98. The van der Waals surface area contributed by atoms with Gasteiger partial charge in [0, 0.05) is 23.0 Å². The third-order valence-electron chi connectivity index (χ3n) is 2.10. The lowest BCUT2D eigenvalue weighted by Crippen LogP contribution is -1.92. The number of aromatic nitrogens is 1. The number of anilines is 2. The number of pyridine rings is 1. The van der Waals surface area contributed by atoms with Crippen molar-refractivity contribution >= 4 is 24.0 Å². The highest BCUT2D eigenvalue weighted by molar-refractivity contribution is 7.80. The molecule has 76 valence electrons. The van der Waals surface area contributed by atoms with Crippen molar-refractivity contribution < 1.29 is 0 Å². The Bertz CT molecular complexity index is 469. The molecule has 0 bridgehead atoms. The van der Waals surface area contributed by atoms with Gasteiger partial charge in [0.05, 0.1) is 5.69 Å². The molecule has 0 atom stereocenters. The van der Waals surface area contributed by atoms with Crippen molar-refractivity contribution in [1.82, 2.24) is 4.98 Å². The van der Waals surface area contributed by atoms with E-state index in [1.54, 1.807) is 12.4 Å². The molecule has 0 saturated carbocycles. The van der Waals surface area contributed by atoms with Gasteiger partial charge < -0.3 is 5.32 Å². The molecule has 1 aromatic carbocycles. The summed E-state index contributed by atoms with van der Waals surface area (Å²) in [6, 6.07) is 10.1. The first-order valence-electron chi connectivity index (χ1n) is 4.72. The average molecular weight is 216 g/mol. The first-order chi connectivity index (χ1) is 7.25. The largest absolute Gasteiger partial charge is 0.355 e. The van der Waals surface area contributed by atoms with Crippen molar-refractivity contribution in [2.45, 2.75) is 11.8 Å². The Morgan fingerprint density at radius 2 is 2.13 bits per heavy atom. The van der Waals surface area contributed by atoms with Gasteiger partial charge in [0.2, 0.25) is 0 Å².